The van der Waals surface area contributed by atoms with Crippen molar-refractivity contribution >= 4 is 22.5 Å². The summed E-state index contributed by atoms with van der Waals surface area (Å²) in [5.41, 5.74) is 4.20. The number of ether oxygens (including phenoxy) is 2. The summed E-state index contributed by atoms with van der Waals surface area (Å²) in [6, 6.07) is 14.4. The Kier molecular flexibility index (Phi) is 3.25. The van der Waals surface area contributed by atoms with Crippen LogP contribution in [0.15, 0.2) is 42.5 Å². The van der Waals surface area contributed by atoms with Gasteiger partial charge in [0.05, 0.1) is 10.9 Å². The Morgan fingerprint density at radius 3 is 2.66 bits per heavy atom. The fourth-order valence-electron chi connectivity index (χ4n) is 4.87. The van der Waals surface area contributed by atoms with Gasteiger partial charge in [0.15, 0.2) is 11.5 Å². The topological polar surface area (TPSA) is 52.5 Å². The minimum absolute atomic E-state index is 0.0595. The van der Waals surface area contributed by atoms with Gasteiger partial charge in [0, 0.05) is 28.7 Å². The highest BCUT2D eigenvalue weighted by atomic mass is 16.7. The summed E-state index contributed by atoms with van der Waals surface area (Å²) in [4.78, 5) is 13.2. The largest absolute Gasteiger partial charge is 0.454 e. The highest BCUT2D eigenvalue weighted by Gasteiger charge is 2.51. The van der Waals surface area contributed by atoms with Crippen LogP contribution in [0.2, 0.25) is 0 Å². The molecule has 3 heterocycles. The summed E-state index contributed by atoms with van der Waals surface area (Å²) >= 11 is 0. The molecule has 3 aromatic rings. The van der Waals surface area contributed by atoms with Crippen molar-refractivity contribution in [2.75, 3.05) is 12.1 Å². The zero-order valence-corrected chi connectivity index (χ0v) is 16.7. The van der Waals surface area contributed by atoms with E-state index in [1.54, 1.807) is 0 Å². The third-order valence-corrected chi connectivity index (χ3v) is 6.93. The Morgan fingerprint density at radius 1 is 1.00 bits per heavy atom. The van der Waals surface area contributed by atoms with Gasteiger partial charge in [-0.15, -0.1) is 0 Å². The first kappa shape index (κ1) is 17.0. The van der Waals surface area contributed by atoms with Gasteiger partial charge in [0.1, 0.15) is 0 Å². The number of carbonyl (C=O) groups is 1. The Labute approximate surface area is 169 Å². The Bertz CT molecular complexity index is 1170. The second-order valence-electron chi connectivity index (χ2n) is 9.19. The van der Waals surface area contributed by atoms with Gasteiger partial charge in [0.2, 0.25) is 12.7 Å². The predicted octanol–water partition coefficient (Wildman–Crippen LogP) is 4.72. The molecular formula is C24H24N2O3. The van der Waals surface area contributed by atoms with Gasteiger partial charge in [0.25, 0.3) is 0 Å². The minimum Gasteiger partial charge on any atom is -0.454 e. The number of rotatable bonds is 3. The molecule has 2 aliphatic heterocycles. The van der Waals surface area contributed by atoms with Crippen LogP contribution in [0.1, 0.15) is 44.4 Å². The Morgan fingerprint density at radius 2 is 1.83 bits per heavy atom. The first-order chi connectivity index (χ1) is 14.0. The van der Waals surface area contributed by atoms with E-state index in [9.17, 15) is 4.79 Å². The zero-order valence-electron chi connectivity index (χ0n) is 16.7. The van der Waals surface area contributed by atoms with Crippen LogP contribution in [0, 0.1) is 0 Å². The number of fused-ring (bicyclic) bond motifs is 4. The van der Waals surface area contributed by atoms with Crippen molar-refractivity contribution < 1.29 is 14.3 Å². The second-order valence-corrected chi connectivity index (χ2v) is 9.19. The van der Waals surface area contributed by atoms with Crippen LogP contribution in [-0.2, 0) is 22.2 Å². The fourth-order valence-corrected chi connectivity index (χ4v) is 4.87. The molecule has 0 atom stereocenters. The molecule has 148 valence electrons. The molecule has 0 bridgehead atoms. The van der Waals surface area contributed by atoms with Gasteiger partial charge >= 0.3 is 0 Å². The van der Waals surface area contributed by atoms with Gasteiger partial charge in [-0.05, 0) is 55.2 Å². The van der Waals surface area contributed by atoms with Crippen LogP contribution in [0.4, 0.5) is 5.69 Å². The predicted molar refractivity (Wildman–Crippen MR) is 112 cm³/mol. The van der Waals surface area contributed by atoms with E-state index in [-0.39, 0.29) is 18.1 Å². The molecule has 5 heteroatoms. The number of amides is 1. The molecule has 6 rings (SSSR count). The summed E-state index contributed by atoms with van der Waals surface area (Å²) in [7, 11) is 0. The van der Waals surface area contributed by atoms with E-state index >= 15 is 0 Å². The van der Waals surface area contributed by atoms with Crippen LogP contribution in [0.3, 0.4) is 0 Å². The third kappa shape index (κ3) is 2.43. The van der Waals surface area contributed by atoms with Crippen molar-refractivity contribution in [3.8, 4) is 11.5 Å². The molecule has 1 aliphatic carbocycles. The molecule has 29 heavy (non-hydrogen) atoms. The fraction of sp³-hybridized carbons (Fsp3) is 0.375. The normalized spacial score (nSPS) is 19.9. The average molecular weight is 388 g/mol. The van der Waals surface area contributed by atoms with E-state index in [0.29, 0.717) is 0 Å². The number of nitrogens with one attached hydrogen (secondary N) is 1. The minimum atomic E-state index is -0.459. The number of benzene rings is 2. The van der Waals surface area contributed by atoms with Crippen molar-refractivity contribution in [3.05, 3.63) is 53.7 Å². The molecule has 1 amide bonds. The maximum absolute atomic E-state index is 13.2. The van der Waals surface area contributed by atoms with Crippen molar-refractivity contribution in [2.24, 2.45) is 0 Å². The highest BCUT2D eigenvalue weighted by molar-refractivity contribution is 6.02. The van der Waals surface area contributed by atoms with Gasteiger partial charge in [-0.2, -0.15) is 0 Å². The van der Waals surface area contributed by atoms with E-state index in [1.807, 2.05) is 24.3 Å². The van der Waals surface area contributed by atoms with Gasteiger partial charge in [-0.25, -0.2) is 0 Å². The molecule has 0 spiro atoms. The lowest BCUT2D eigenvalue weighted by molar-refractivity contribution is -0.118. The monoisotopic (exact) mass is 388 g/mol. The van der Waals surface area contributed by atoms with Crippen LogP contribution in [-0.4, -0.2) is 17.3 Å². The molecule has 1 saturated carbocycles. The van der Waals surface area contributed by atoms with Crippen LogP contribution >= 0.6 is 0 Å². The number of hydrogen-bond donors (Lipinski definition) is 1. The third-order valence-electron chi connectivity index (χ3n) is 6.93. The summed E-state index contributed by atoms with van der Waals surface area (Å²) < 4.78 is 13.3. The summed E-state index contributed by atoms with van der Waals surface area (Å²) in [6.07, 6.45) is 2.87. The number of carbonyl (C=O) groups excluding carboxylic acids is 1. The van der Waals surface area contributed by atoms with Crippen molar-refractivity contribution in [1.29, 1.82) is 0 Å². The lowest BCUT2D eigenvalue weighted by Gasteiger charge is -2.16. The molecule has 0 unspecified atom stereocenters. The molecule has 1 fully saturated rings. The van der Waals surface area contributed by atoms with Crippen molar-refractivity contribution in [3.63, 3.8) is 0 Å². The first-order valence-electron chi connectivity index (χ1n) is 10.3. The lowest BCUT2D eigenvalue weighted by atomic mass is 9.88. The Balaban J connectivity index is 1.30. The second kappa shape index (κ2) is 5.56. The maximum Gasteiger partial charge on any atom is 0.235 e. The lowest BCUT2D eigenvalue weighted by Crippen LogP contribution is -2.27. The van der Waals surface area contributed by atoms with Gasteiger partial charge in [-0.1, -0.05) is 26.0 Å². The van der Waals surface area contributed by atoms with Crippen LogP contribution in [0.5, 0.6) is 11.5 Å². The highest BCUT2D eigenvalue weighted by Crippen LogP contribution is 2.51. The quantitative estimate of drug-likeness (QED) is 0.706. The molecule has 0 saturated heterocycles. The summed E-state index contributed by atoms with van der Waals surface area (Å²) in [6.45, 7) is 5.88. The van der Waals surface area contributed by atoms with E-state index in [4.69, 9.17) is 9.47 Å². The van der Waals surface area contributed by atoms with Gasteiger partial charge in [-0.3, -0.25) is 4.79 Å². The van der Waals surface area contributed by atoms with Crippen molar-refractivity contribution in [1.82, 2.24) is 4.57 Å². The van der Waals surface area contributed by atoms with E-state index in [2.05, 4.69) is 41.9 Å². The smallest absolute Gasteiger partial charge is 0.235 e. The van der Waals surface area contributed by atoms with Gasteiger partial charge < -0.3 is 19.4 Å². The first-order valence-corrected chi connectivity index (χ1v) is 10.3. The SMILES string of the molecule is CC1(C)CCn2c1cc1ccc(NC(=O)C3(c4ccc5c(c4)OCO5)CC3)cc12. The molecule has 2 aromatic carbocycles. The van der Waals surface area contributed by atoms with E-state index in [1.165, 1.54) is 16.6 Å². The average Bonchev–Trinajstić information content (AvgIpc) is 3.10. The molecule has 3 aliphatic rings. The summed E-state index contributed by atoms with van der Waals surface area (Å²) in [5, 5.41) is 4.42. The standard InChI is InChI=1S/C24H24N2O3/c1-23(2)9-10-26-18-13-17(5-3-15(18)11-21(23)26)25-22(27)24(7-8-24)16-4-6-19-20(12-16)29-14-28-19/h3-6,11-13H,7-10,14H2,1-2H3,(H,25,27). The van der Waals surface area contributed by atoms with Crippen LogP contribution < -0.4 is 14.8 Å². The number of aryl methyl sites for hydroxylation is 1. The maximum atomic E-state index is 13.2. The van der Waals surface area contributed by atoms with Crippen LogP contribution in [0.25, 0.3) is 10.9 Å². The zero-order chi connectivity index (χ0) is 19.8. The number of aromatic nitrogens is 1. The number of hydrogen-bond acceptors (Lipinski definition) is 3. The molecular weight excluding hydrogens is 364 g/mol. The molecule has 5 nitrogen and oxygen atoms in total. The molecule has 1 aromatic heterocycles. The number of anilines is 1. The summed E-state index contributed by atoms with van der Waals surface area (Å²) in [5.74, 6) is 1.54. The number of nitrogens with zero attached hydrogens (tertiary/aromatic N) is 1. The Hall–Kier alpha value is -2.95. The van der Waals surface area contributed by atoms with E-state index in [0.717, 1.165) is 48.6 Å². The molecule has 0 radical (unpaired) electrons. The van der Waals surface area contributed by atoms with Crippen molar-refractivity contribution in [2.45, 2.75) is 50.5 Å². The van der Waals surface area contributed by atoms with E-state index < -0.39 is 5.41 Å². The molecule has 1 N–H and O–H groups in total.